The second-order valence-corrected chi connectivity index (χ2v) is 4.43. The van der Waals surface area contributed by atoms with Crippen LogP contribution in [-0.4, -0.2) is 15.0 Å². The minimum Gasteiger partial charge on any atom is -0.324 e. The minimum atomic E-state index is 0.776. The summed E-state index contributed by atoms with van der Waals surface area (Å²) in [6.07, 6.45) is 5.35. The van der Waals surface area contributed by atoms with Crippen molar-refractivity contribution in [2.45, 2.75) is 6.92 Å². The molecule has 20 heavy (non-hydrogen) atoms. The van der Waals surface area contributed by atoms with E-state index in [1.165, 1.54) is 0 Å². The number of rotatable bonds is 3. The highest BCUT2D eigenvalue weighted by atomic mass is 15.1. The van der Waals surface area contributed by atoms with Crippen LogP contribution in [0.4, 0.5) is 11.6 Å². The van der Waals surface area contributed by atoms with Crippen LogP contribution in [0.25, 0.3) is 11.1 Å². The van der Waals surface area contributed by atoms with Crippen molar-refractivity contribution in [1.82, 2.24) is 15.0 Å². The molecule has 3 rings (SSSR count). The molecule has 1 N–H and O–H groups in total. The normalized spacial score (nSPS) is 10.2. The summed E-state index contributed by atoms with van der Waals surface area (Å²) in [5, 5.41) is 3.26. The first-order valence-corrected chi connectivity index (χ1v) is 6.39. The van der Waals surface area contributed by atoms with Crippen molar-refractivity contribution in [3.8, 4) is 11.1 Å². The van der Waals surface area contributed by atoms with Gasteiger partial charge >= 0.3 is 0 Å². The van der Waals surface area contributed by atoms with Crippen LogP contribution in [0.1, 0.15) is 5.69 Å². The number of pyridine rings is 3. The first-order chi connectivity index (χ1) is 9.83. The monoisotopic (exact) mass is 262 g/mol. The Morgan fingerprint density at radius 3 is 2.65 bits per heavy atom. The van der Waals surface area contributed by atoms with Crippen LogP contribution in [0.2, 0.25) is 0 Å². The third-order valence-corrected chi connectivity index (χ3v) is 2.92. The number of hydrogen-bond acceptors (Lipinski definition) is 4. The van der Waals surface area contributed by atoms with Crippen molar-refractivity contribution in [2.24, 2.45) is 0 Å². The Balaban J connectivity index is 1.99. The van der Waals surface area contributed by atoms with E-state index in [2.05, 4.69) is 20.3 Å². The number of aryl methyl sites for hydroxylation is 1. The number of anilines is 2. The minimum absolute atomic E-state index is 0.776. The largest absolute Gasteiger partial charge is 0.324 e. The van der Waals surface area contributed by atoms with Gasteiger partial charge in [0.1, 0.15) is 11.6 Å². The summed E-state index contributed by atoms with van der Waals surface area (Å²) in [6, 6.07) is 13.7. The van der Waals surface area contributed by atoms with E-state index in [1.54, 1.807) is 12.4 Å². The Bertz CT molecular complexity index is 710. The standard InChI is InChI=1S/C16H14N4/c1-12-5-2-8-15(19-12)20-16-14(7-4-10-18-16)13-6-3-9-17-11-13/h2-11H,1H3,(H,18,19,20). The number of nitrogens with zero attached hydrogens (tertiary/aromatic N) is 3. The Labute approximate surface area is 117 Å². The van der Waals surface area contributed by atoms with Crippen molar-refractivity contribution in [3.05, 3.63) is 66.7 Å². The highest BCUT2D eigenvalue weighted by molar-refractivity contribution is 5.76. The zero-order valence-corrected chi connectivity index (χ0v) is 11.1. The molecule has 0 aromatic carbocycles. The molecule has 0 spiro atoms. The average Bonchev–Trinajstić information content (AvgIpc) is 2.49. The van der Waals surface area contributed by atoms with Gasteiger partial charge in [0.05, 0.1) is 0 Å². The lowest BCUT2D eigenvalue weighted by molar-refractivity contribution is 1.18. The molecule has 3 aromatic rings. The van der Waals surface area contributed by atoms with E-state index < -0.39 is 0 Å². The third kappa shape index (κ3) is 2.64. The smallest absolute Gasteiger partial charge is 0.139 e. The molecular weight excluding hydrogens is 248 g/mol. The number of nitrogens with one attached hydrogen (secondary N) is 1. The molecule has 0 saturated carbocycles. The number of aromatic nitrogens is 3. The van der Waals surface area contributed by atoms with Crippen LogP contribution in [0.3, 0.4) is 0 Å². The molecule has 0 bridgehead atoms. The van der Waals surface area contributed by atoms with E-state index in [4.69, 9.17) is 0 Å². The second kappa shape index (κ2) is 5.48. The van der Waals surface area contributed by atoms with Gasteiger partial charge in [-0.05, 0) is 37.3 Å². The fourth-order valence-electron chi connectivity index (χ4n) is 1.99. The Hall–Kier alpha value is -2.75. The number of hydrogen-bond donors (Lipinski definition) is 1. The van der Waals surface area contributed by atoms with Gasteiger partial charge in [-0.15, -0.1) is 0 Å². The van der Waals surface area contributed by atoms with E-state index in [-0.39, 0.29) is 0 Å². The molecule has 0 amide bonds. The summed E-state index contributed by atoms with van der Waals surface area (Å²) in [4.78, 5) is 13.0. The Kier molecular flexibility index (Phi) is 3.37. The van der Waals surface area contributed by atoms with Crippen molar-refractivity contribution >= 4 is 11.6 Å². The fraction of sp³-hybridized carbons (Fsp3) is 0.0625. The van der Waals surface area contributed by atoms with Crippen LogP contribution in [-0.2, 0) is 0 Å². The van der Waals surface area contributed by atoms with Crippen LogP contribution in [0, 0.1) is 6.92 Å². The maximum Gasteiger partial charge on any atom is 0.139 e. The molecule has 0 aliphatic heterocycles. The molecule has 0 fully saturated rings. The van der Waals surface area contributed by atoms with Gasteiger partial charge in [0, 0.05) is 35.4 Å². The Morgan fingerprint density at radius 2 is 1.85 bits per heavy atom. The van der Waals surface area contributed by atoms with Gasteiger partial charge < -0.3 is 5.32 Å². The molecule has 0 saturated heterocycles. The highest BCUT2D eigenvalue weighted by Crippen LogP contribution is 2.26. The lowest BCUT2D eigenvalue weighted by Crippen LogP contribution is -1.98. The summed E-state index contributed by atoms with van der Waals surface area (Å²) in [6.45, 7) is 1.96. The molecule has 0 aliphatic carbocycles. The van der Waals surface area contributed by atoms with Gasteiger partial charge in [-0.25, -0.2) is 9.97 Å². The molecule has 0 unspecified atom stereocenters. The van der Waals surface area contributed by atoms with Gasteiger partial charge in [-0.3, -0.25) is 4.98 Å². The molecule has 0 atom stereocenters. The van der Waals surface area contributed by atoms with E-state index in [9.17, 15) is 0 Å². The van der Waals surface area contributed by atoms with E-state index in [0.717, 1.165) is 28.5 Å². The molecule has 4 heteroatoms. The summed E-state index contributed by atoms with van der Waals surface area (Å²) in [7, 11) is 0. The van der Waals surface area contributed by atoms with Gasteiger partial charge in [0.25, 0.3) is 0 Å². The zero-order valence-electron chi connectivity index (χ0n) is 11.1. The van der Waals surface area contributed by atoms with Crippen LogP contribution in [0.15, 0.2) is 61.1 Å². The molecule has 98 valence electrons. The maximum atomic E-state index is 4.44. The SMILES string of the molecule is Cc1cccc(Nc2ncccc2-c2cccnc2)n1. The molecular formula is C16H14N4. The molecule has 4 nitrogen and oxygen atoms in total. The van der Waals surface area contributed by atoms with Crippen molar-refractivity contribution in [2.75, 3.05) is 5.32 Å². The molecule has 3 aromatic heterocycles. The molecule has 0 radical (unpaired) electrons. The van der Waals surface area contributed by atoms with E-state index in [1.807, 2.05) is 55.6 Å². The second-order valence-electron chi connectivity index (χ2n) is 4.43. The topological polar surface area (TPSA) is 50.7 Å². The highest BCUT2D eigenvalue weighted by Gasteiger charge is 2.06. The van der Waals surface area contributed by atoms with Gasteiger partial charge in [-0.1, -0.05) is 12.1 Å². The lowest BCUT2D eigenvalue weighted by Gasteiger charge is -2.10. The van der Waals surface area contributed by atoms with Crippen LogP contribution in [0.5, 0.6) is 0 Å². The van der Waals surface area contributed by atoms with Gasteiger partial charge in [0.2, 0.25) is 0 Å². The van der Waals surface area contributed by atoms with Crippen molar-refractivity contribution in [3.63, 3.8) is 0 Å². The predicted octanol–water partition coefficient (Wildman–Crippen LogP) is 3.59. The average molecular weight is 262 g/mol. The first kappa shape index (κ1) is 12.3. The van der Waals surface area contributed by atoms with Gasteiger partial charge in [-0.2, -0.15) is 0 Å². The summed E-state index contributed by atoms with van der Waals surface area (Å²) < 4.78 is 0. The first-order valence-electron chi connectivity index (χ1n) is 6.39. The molecule has 0 aliphatic rings. The van der Waals surface area contributed by atoms with Crippen LogP contribution < -0.4 is 5.32 Å². The fourth-order valence-corrected chi connectivity index (χ4v) is 1.99. The zero-order chi connectivity index (χ0) is 13.8. The maximum absolute atomic E-state index is 4.44. The predicted molar refractivity (Wildman–Crippen MR) is 79.7 cm³/mol. The summed E-state index contributed by atoms with van der Waals surface area (Å²) in [5.41, 5.74) is 2.99. The lowest BCUT2D eigenvalue weighted by atomic mass is 10.1. The quantitative estimate of drug-likeness (QED) is 0.783. The molecule has 3 heterocycles. The third-order valence-electron chi connectivity index (χ3n) is 2.92. The van der Waals surface area contributed by atoms with Gasteiger partial charge in [0.15, 0.2) is 0 Å². The summed E-state index contributed by atoms with van der Waals surface area (Å²) in [5.74, 6) is 1.56. The van der Waals surface area contributed by atoms with Crippen molar-refractivity contribution in [1.29, 1.82) is 0 Å². The van der Waals surface area contributed by atoms with Crippen molar-refractivity contribution < 1.29 is 0 Å². The summed E-state index contributed by atoms with van der Waals surface area (Å²) >= 11 is 0. The van der Waals surface area contributed by atoms with E-state index in [0.29, 0.717) is 0 Å². The van der Waals surface area contributed by atoms with E-state index >= 15 is 0 Å². The Morgan fingerprint density at radius 1 is 0.950 bits per heavy atom. The van der Waals surface area contributed by atoms with Crippen LogP contribution >= 0.6 is 0 Å².